The highest BCUT2D eigenvalue weighted by Gasteiger charge is 2.37. The summed E-state index contributed by atoms with van der Waals surface area (Å²) >= 11 is 0. The van der Waals surface area contributed by atoms with Crippen LogP contribution >= 0.6 is 0 Å². The first-order valence-corrected chi connectivity index (χ1v) is 8.71. The molecule has 0 bridgehead atoms. The van der Waals surface area contributed by atoms with Crippen molar-refractivity contribution in [1.29, 1.82) is 0 Å². The number of likely N-dealkylation sites (tertiary alicyclic amines) is 1. The summed E-state index contributed by atoms with van der Waals surface area (Å²) in [6.45, 7) is 5.83. The Bertz CT molecular complexity index is 597. The number of methoxy groups -OCH3 is 1. The Morgan fingerprint density at radius 2 is 1.52 bits per heavy atom. The molecular formula is C21H27NO. The Morgan fingerprint density at radius 1 is 0.913 bits per heavy atom. The quantitative estimate of drug-likeness (QED) is 0.807. The topological polar surface area (TPSA) is 12.5 Å². The standard InChI is InChI=1S/C21H27NO/c1-3-15-22-16-13-21(14-17-22,18-7-5-4-6-8-18)19-9-11-20(23-2)12-10-19/h4-12H,3,13-17H2,1-2H3. The molecule has 23 heavy (non-hydrogen) atoms. The lowest BCUT2D eigenvalue weighted by Crippen LogP contribution is -2.43. The molecule has 0 radical (unpaired) electrons. The summed E-state index contributed by atoms with van der Waals surface area (Å²) in [6, 6.07) is 19.7. The number of nitrogens with zero attached hydrogens (tertiary/aromatic N) is 1. The van der Waals surface area contributed by atoms with Gasteiger partial charge in [0.05, 0.1) is 7.11 Å². The molecule has 0 aromatic heterocycles. The van der Waals surface area contributed by atoms with Crippen LogP contribution in [0.1, 0.15) is 37.3 Å². The molecule has 0 N–H and O–H groups in total. The predicted octanol–water partition coefficient (Wildman–Crippen LogP) is 4.49. The van der Waals surface area contributed by atoms with Crippen LogP contribution in [0.15, 0.2) is 54.6 Å². The Labute approximate surface area is 140 Å². The third-order valence-electron chi connectivity index (χ3n) is 5.22. The van der Waals surface area contributed by atoms with E-state index in [4.69, 9.17) is 4.74 Å². The van der Waals surface area contributed by atoms with Crippen LogP contribution < -0.4 is 4.74 Å². The number of rotatable bonds is 5. The van der Waals surface area contributed by atoms with E-state index in [0.717, 1.165) is 5.75 Å². The molecule has 2 aromatic rings. The van der Waals surface area contributed by atoms with Gasteiger partial charge < -0.3 is 9.64 Å². The van der Waals surface area contributed by atoms with E-state index < -0.39 is 0 Å². The minimum absolute atomic E-state index is 0.137. The van der Waals surface area contributed by atoms with Crippen LogP contribution in [0.25, 0.3) is 0 Å². The molecule has 0 amide bonds. The lowest BCUT2D eigenvalue weighted by atomic mass is 9.68. The molecule has 2 heteroatoms. The molecule has 1 heterocycles. The summed E-state index contributed by atoms with van der Waals surface area (Å²) in [5.41, 5.74) is 3.00. The van der Waals surface area contributed by atoms with E-state index in [9.17, 15) is 0 Å². The third kappa shape index (κ3) is 3.28. The summed E-state index contributed by atoms with van der Waals surface area (Å²) in [5, 5.41) is 0. The normalized spacial score (nSPS) is 17.8. The maximum Gasteiger partial charge on any atom is 0.118 e. The predicted molar refractivity (Wildman–Crippen MR) is 96.2 cm³/mol. The Balaban J connectivity index is 1.94. The van der Waals surface area contributed by atoms with E-state index in [2.05, 4.69) is 66.4 Å². The van der Waals surface area contributed by atoms with Gasteiger partial charge in [-0.05, 0) is 62.2 Å². The van der Waals surface area contributed by atoms with Crippen LogP contribution in [0.5, 0.6) is 5.75 Å². The fraction of sp³-hybridized carbons (Fsp3) is 0.429. The number of benzene rings is 2. The molecule has 0 unspecified atom stereocenters. The largest absolute Gasteiger partial charge is 0.497 e. The van der Waals surface area contributed by atoms with Crippen molar-refractivity contribution in [3.8, 4) is 5.75 Å². The average molecular weight is 309 g/mol. The van der Waals surface area contributed by atoms with Crippen molar-refractivity contribution in [1.82, 2.24) is 4.90 Å². The maximum atomic E-state index is 5.34. The van der Waals surface area contributed by atoms with E-state index >= 15 is 0 Å². The second-order valence-corrected chi connectivity index (χ2v) is 6.52. The lowest BCUT2D eigenvalue weighted by molar-refractivity contribution is 0.179. The van der Waals surface area contributed by atoms with Crippen LogP contribution in [0.3, 0.4) is 0 Å². The molecule has 2 nitrogen and oxygen atoms in total. The summed E-state index contributed by atoms with van der Waals surface area (Å²) in [7, 11) is 1.73. The molecule has 1 aliphatic rings. The number of piperidine rings is 1. The molecule has 122 valence electrons. The molecule has 0 saturated carbocycles. The molecule has 1 fully saturated rings. The van der Waals surface area contributed by atoms with Crippen molar-refractivity contribution in [3.63, 3.8) is 0 Å². The average Bonchev–Trinajstić information content (AvgIpc) is 2.64. The minimum atomic E-state index is 0.137. The van der Waals surface area contributed by atoms with Gasteiger partial charge in [-0.1, -0.05) is 49.4 Å². The van der Waals surface area contributed by atoms with E-state index in [0.29, 0.717) is 0 Å². The van der Waals surface area contributed by atoms with Gasteiger partial charge >= 0.3 is 0 Å². The van der Waals surface area contributed by atoms with Crippen molar-refractivity contribution in [2.24, 2.45) is 0 Å². The molecule has 0 aliphatic carbocycles. The zero-order valence-corrected chi connectivity index (χ0v) is 14.3. The zero-order chi connectivity index (χ0) is 16.1. The monoisotopic (exact) mass is 309 g/mol. The van der Waals surface area contributed by atoms with Crippen molar-refractivity contribution < 1.29 is 4.74 Å². The van der Waals surface area contributed by atoms with Crippen LogP contribution in [0.4, 0.5) is 0 Å². The summed E-state index contributed by atoms with van der Waals surface area (Å²) < 4.78 is 5.34. The van der Waals surface area contributed by atoms with Gasteiger partial charge in [0.2, 0.25) is 0 Å². The van der Waals surface area contributed by atoms with E-state index in [-0.39, 0.29) is 5.41 Å². The van der Waals surface area contributed by atoms with Gasteiger partial charge in [-0.2, -0.15) is 0 Å². The summed E-state index contributed by atoms with van der Waals surface area (Å²) in [5.74, 6) is 0.931. The molecule has 3 rings (SSSR count). The first kappa shape index (κ1) is 16.1. The lowest BCUT2D eigenvalue weighted by Gasteiger charge is -2.43. The maximum absolute atomic E-state index is 5.34. The fourth-order valence-electron chi connectivity index (χ4n) is 3.89. The Kier molecular flexibility index (Phi) is 5.02. The Hall–Kier alpha value is -1.80. The number of hydrogen-bond donors (Lipinski definition) is 0. The SMILES string of the molecule is CCCN1CCC(c2ccccc2)(c2ccc(OC)cc2)CC1. The smallest absolute Gasteiger partial charge is 0.118 e. The van der Waals surface area contributed by atoms with E-state index in [1.165, 1.54) is 50.0 Å². The zero-order valence-electron chi connectivity index (χ0n) is 14.3. The summed E-state index contributed by atoms with van der Waals surface area (Å²) in [4.78, 5) is 2.60. The van der Waals surface area contributed by atoms with Crippen molar-refractivity contribution >= 4 is 0 Å². The van der Waals surface area contributed by atoms with Crippen molar-refractivity contribution in [2.45, 2.75) is 31.6 Å². The molecule has 0 atom stereocenters. The number of ether oxygens (including phenoxy) is 1. The van der Waals surface area contributed by atoms with E-state index in [1.807, 2.05) is 0 Å². The Morgan fingerprint density at radius 3 is 2.09 bits per heavy atom. The van der Waals surface area contributed by atoms with Gasteiger partial charge in [0, 0.05) is 5.41 Å². The summed E-state index contributed by atoms with van der Waals surface area (Å²) in [6.07, 6.45) is 3.60. The van der Waals surface area contributed by atoms with Crippen LogP contribution in [-0.4, -0.2) is 31.6 Å². The van der Waals surface area contributed by atoms with Gasteiger partial charge in [0.15, 0.2) is 0 Å². The second kappa shape index (κ2) is 7.18. The van der Waals surface area contributed by atoms with E-state index in [1.54, 1.807) is 7.11 Å². The van der Waals surface area contributed by atoms with Crippen molar-refractivity contribution in [2.75, 3.05) is 26.7 Å². The molecule has 0 spiro atoms. The highest BCUT2D eigenvalue weighted by Crippen LogP contribution is 2.42. The molecule has 1 aliphatic heterocycles. The minimum Gasteiger partial charge on any atom is -0.497 e. The van der Waals surface area contributed by atoms with Gasteiger partial charge in [-0.3, -0.25) is 0 Å². The van der Waals surface area contributed by atoms with Crippen LogP contribution in [0.2, 0.25) is 0 Å². The molecule has 1 saturated heterocycles. The van der Waals surface area contributed by atoms with Crippen LogP contribution in [0, 0.1) is 0 Å². The highest BCUT2D eigenvalue weighted by atomic mass is 16.5. The first-order valence-electron chi connectivity index (χ1n) is 8.71. The second-order valence-electron chi connectivity index (χ2n) is 6.52. The number of hydrogen-bond acceptors (Lipinski definition) is 2. The van der Waals surface area contributed by atoms with Crippen LogP contribution in [-0.2, 0) is 5.41 Å². The van der Waals surface area contributed by atoms with Gasteiger partial charge in [0.25, 0.3) is 0 Å². The van der Waals surface area contributed by atoms with Crippen molar-refractivity contribution in [3.05, 3.63) is 65.7 Å². The van der Waals surface area contributed by atoms with Gasteiger partial charge in [-0.25, -0.2) is 0 Å². The highest BCUT2D eigenvalue weighted by molar-refractivity contribution is 5.42. The third-order valence-corrected chi connectivity index (χ3v) is 5.22. The first-order chi connectivity index (χ1) is 11.3. The fourth-order valence-corrected chi connectivity index (χ4v) is 3.89. The molecular weight excluding hydrogens is 282 g/mol. The molecule has 2 aromatic carbocycles. The van der Waals surface area contributed by atoms with Gasteiger partial charge in [0.1, 0.15) is 5.75 Å². The van der Waals surface area contributed by atoms with Gasteiger partial charge in [-0.15, -0.1) is 0 Å².